The molecule has 7 nitrogen and oxygen atoms in total. The van der Waals surface area contributed by atoms with Gasteiger partial charge in [0.2, 0.25) is 5.91 Å². The third-order valence-electron chi connectivity index (χ3n) is 7.09. The number of rotatable bonds is 9. The van der Waals surface area contributed by atoms with Crippen molar-refractivity contribution in [2.75, 3.05) is 11.9 Å². The van der Waals surface area contributed by atoms with E-state index >= 15 is 0 Å². The molecule has 1 saturated carbocycles. The van der Waals surface area contributed by atoms with Crippen LogP contribution >= 0.6 is 0 Å². The van der Waals surface area contributed by atoms with Gasteiger partial charge in [-0.3, -0.25) is 4.79 Å². The Morgan fingerprint density at radius 1 is 0.974 bits per heavy atom. The van der Waals surface area contributed by atoms with Crippen LogP contribution in [0.4, 0.5) is 5.82 Å². The highest BCUT2D eigenvalue weighted by atomic mass is 16.5. The van der Waals surface area contributed by atoms with E-state index in [9.17, 15) is 9.59 Å². The first-order valence-corrected chi connectivity index (χ1v) is 13.7. The average Bonchev–Trinajstić information content (AvgIpc) is 3.26. The third-order valence-corrected chi connectivity index (χ3v) is 7.09. The number of ether oxygens (including phenoxy) is 1. The number of nitrogens with one attached hydrogen (secondary N) is 1. The molecule has 2 heterocycles. The maximum Gasteiger partial charge on any atom is 0.344 e. The first-order chi connectivity index (χ1) is 18.7. The van der Waals surface area contributed by atoms with Crippen LogP contribution < -0.4 is 5.32 Å². The van der Waals surface area contributed by atoms with Crippen LogP contribution in [0.15, 0.2) is 60.7 Å². The molecule has 0 unspecified atom stereocenters. The number of anilines is 1. The van der Waals surface area contributed by atoms with Gasteiger partial charge in [0.15, 0.2) is 5.65 Å². The van der Waals surface area contributed by atoms with Crippen molar-refractivity contribution in [3.05, 3.63) is 71.8 Å². The Hall–Kier alpha value is -4.00. The zero-order valence-corrected chi connectivity index (χ0v) is 21.9. The molecule has 196 valence electrons. The molecule has 1 aliphatic carbocycles. The summed E-state index contributed by atoms with van der Waals surface area (Å²) in [5.74, 6) is -0.378. The van der Waals surface area contributed by atoms with E-state index in [4.69, 9.17) is 14.7 Å². The van der Waals surface area contributed by atoms with Crippen molar-refractivity contribution in [1.82, 2.24) is 14.5 Å². The molecule has 0 spiro atoms. The van der Waals surface area contributed by atoms with Crippen molar-refractivity contribution >= 4 is 46.0 Å². The van der Waals surface area contributed by atoms with Gasteiger partial charge in [0, 0.05) is 12.1 Å². The molecule has 1 fully saturated rings. The SMILES string of the molecule is CCCCCOC(=O)c1c(NC(=O)/C=C/c2ccccc2)n(C2CCCCC2)c2nc3ccccc3nc12. The van der Waals surface area contributed by atoms with Crippen molar-refractivity contribution in [3.8, 4) is 0 Å². The fourth-order valence-corrected chi connectivity index (χ4v) is 5.16. The number of para-hydroxylation sites is 2. The quantitative estimate of drug-likeness (QED) is 0.148. The van der Waals surface area contributed by atoms with Crippen LogP contribution in [-0.2, 0) is 9.53 Å². The zero-order chi connectivity index (χ0) is 26.3. The van der Waals surface area contributed by atoms with E-state index in [2.05, 4.69) is 12.2 Å². The minimum absolute atomic E-state index is 0.108. The predicted molar refractivity (Wildman–Crippen MR) is 151 cm³/mol. The molecule has 0 aliphatic heterocycles. The van der Waals surface area contributed by atoms with Crippen LogP contribution in [0.3, 0.4) is 0 Å². The fourth-order valence-electron chi connectivity index (χ4n) is 5.16. The van der Waals surface area contributed by atoms with Crippen LogP contribution in [0, 0.1) is 0 Å². The van der Waals surface area contributed by atoms with Crippen molar-refractivity contribution in [2.45, 2.75) is 64.3 Å². The summed E-state index contributed by atoms with van der Waals surface area (Å²) in [5, 5.41) is 3.03. The first-order valence-electron chi connectivity index (χ1n) is 13.7. The van der Waals surface area contributed by atoms with Gasteiger partial charge in [0.05, 0.1) is 17.6 Å². The van der Waals surface area contributed by atoms with Crippen LogP contribution in [0.2, 0.25) is 0 Å². The first kappa shape index (κ1) is 25.6. The second-order valence-corrected chi connectivity index (χ2v) is 9.85. The molecule has 0 atom stereocenters. The number of hydrogen-bond donors (Lipinski definition) is 1. The maximum atomic E-state index is 13.6. The summed E-state index contributed by atoms with van der Waals surface area (Å²) in [6, 6.07) is 17.4. The second kappa shape index (κ2) is 12.0. The molecule has 0 radical (unpaired) electrons. The van der Waals surface area contributed by atoms with Crippen molar-refractivity contribution in [1.29, 1.82) is 0 Å². The van der Waals surface area contributed by atoms with Crippen molar-refractivity contribution in [2.24, 2.45) is 0 Å². The topological polar surface area (TPSA) is 86.1 Å². The third kappa shape index (κ3) is 5.62. The van der Waals surface area contributed by atoms with E-state index < -0.39 is 5.97 Å². The van der Waals surface area contributed by atoms with E-state index in [1.165, 1.54) is 12.5 Å². The van der Waals surface area contributed by atoms with Gasteiger partial charge in [-0.1, -0.05) is 81.5 Å². The number of fused-ring (bicyclic) bond motifs is 2. The molecule has 5 rings (SSSR count). The standard InChI is InChI=1S/C31H34N4O3/c1-2-3-12-21-38-31(37)27-28-30(33-25-18-11-10-17-24(25)32-28)35(23-15-8-5-9-16-23)29(27)34-26(36)20-19-22-13-6-4-7-14-22/h4,6-7,10-11,13-14,17-20,23H,2-3,5,8-9,12,15-16,21H2,1H3,(H,34,36)/b20-19+. The van der Waals surface area contributed by atoms with Crippen LogP contribution in [0.5, 0.6) is 0 Å². The number of benzene rings is 2. The lowest BCUT2D eigenvalue weighted by atomic mass is 9.95. The minimum Gasteiger partial charge on any atom is -0.462 e. The summed E-state index contributed by atoms with van der Waals surface area (Å²) in [7, 11) is 0. The smallest absolute Gasteiger partial charge is 0.344 e. The Morgan fingerprint density at radius 3 is 2.42 bits per heavy atom. The van der Waals surface area contributed by atoms with Crippen LogP contribution in [0.25, 0.3) is 28.3 Å². The number of carbonyl (C=O) groups excluding carboxylic acids is 2. The van der Waals surface area contributed by atoms with Gasteiger partial charge >= 0.3 is 5.97 Å². The number of carbonyl (C=O) groups is 2. The van der Waals surface area contributed by atoms with Crippen molar-refractivity contribution < 1.29 is 14.3 Å². The number of esters is 1. The van der Waals surface area contributed by atoms with Gasteiger partial charge in [-0.15, -0.1) is 0 Å². The summed E-state index contributed by atoms with van der Waals surface area (Å²) in [6.07, 6.45) is 11.3. The molecule has 0 saturated heterocycles. The number of amides is 1. The second-order valence-electron chi connectivity index (χ2n) is 9.85. The molecular formula is C31H34N4O3. The molecule has 1 amide bonds. The Morgan fingerprint density at radius 2 is 1.68 bits per heavy atom. The summed E-state index contributed by atoms with van der Waals surface area (Å²) < 4.78 is 7.75. The van der Waals surface area contributed by atoms with Gasteiger partial charge < -0.3 is 14.6 Å². The minimum atomic E-state index is -0.479. The molecule has 2 aromatic heterocycles. The summed E-state index contributed by atoms with van der Waals surface area (Å²) >= 11 is 0. The highest BCUT2D eigenvalue weighted by Crippen LogP contribution is 2.38. The van der Waals surface area contributed by atoms with E-state index in [-0.39, 0.29) is 17.5 Å². The molecule has 2 aromatic carbocycles. The molecule has 38 heavy (non-hydrogen) atoms. The van der Waals surface area contributed by atoms with Gasteiger partial charge in [0.25, 0.3) is 0 Å². The molecule has 1 N–H and O–H groups in total. The van der Waals surface area contributed by atoms with Crippen molar-refractivity contribution in [3.63, 3.8) is 0 Å². The van der Waals surface area contributed by atoms with E-state index in [1.807, 2.05) is 59.2 Å². The lowest BCUT2D eigenvalue weighted by Gasteiger charge is -2.26. The van der Waals surface area contributed by atoms with Gasteiger partial charge in [-0.25, -0.2) is 14.8 Å². The van der Waals surface area contributed by atoms with Crippen LogP contribution in [-0.4, -0.2) is 33.0 Å². The number of hydrogen-bond acceptors (Lipinski definition) is 5. The lowest BCUT2D eigenvalue weighted by Crippen LogP contribution is -2.20. The van der Waals surface area contributed by atoms with E-state index in [0.717, 1.165) is 56.0 Å². The Balaban J connectivity index is 1.62. The number of unbranched alkanes of at least 4 members (excludes halogenated alkanes) is 2. The van der Waals surface area contributed by atoms with E-state index in [0.29, 0.717) is 29.1 Å². The van der Waals surface area contributed by atoms with E-state index in [1.54, 1.807) is 6.08 Å². The molecule has 0 bridgehead atoms. The fraction of sp³-hybridized carbons (Fsp3) is 0.355. The Kier molecular flexibility index (Phi) is 8.12. The Bertz CT molecular complexity index is 1450. The van der Waals surface area contributed by atoms with Gasteiger partial charge in [-0.05, 0) is 43.0 Å². The highest BCUT2D eigenvalue weighted by Gasteiger charge is 2.31. The Labute approximate surface area is 222 Å². The summed E-state index contributed by atoms with van der Waals surface area (Å²) in [5.41, 5.74) is 3.72. The van der Waals surface area contributed by atoms with Crippen LogP contribution in [0.1, 0.15) is 80.3 Å². The highest BCUT2D eigenvalue weighted by molar-refractivity contribution is 6.13. The zero-order valence-electron chi connectivity index (χ0n) is 21.9. The number of nitrogens with zero attached hydrogens (tertiary/aromatic N) is 3. The normalized spacial score (nSPS) is 14.3. The molecule has 7 heteroatoms. The van der Waals surface area contributed by atoms with Gasteiger partial charge in [-0.2, -0.15) is 0 Å². The summed E-state index contributed by atoms with van der Waals surface area (Å²) in [4.78, 5) is 36.6. The lowest BCUT2D eigenvalue weighted by molar-refractivity contribution is -0.111. The predicted octanol–water partition coefficient (Wildman–Crippen LogP) is 7.09. The monoisotopic (exact) mass is 510 g/mol. The summed E-state index contributed by atoms with van der Waals surface area (Å²) in [6.45, 7) is 2.43. The molecule has 1 aliphatic rings. The maximum absolute atomic E-state index is 13.6. The van der Waals surface area contributed by atoms with Gasteiger partial charge in [0.1, 0.15) is 16.9 Å². The number of aromatic nitrogens is 3. The largest absolute Gasteiger partial charge is 0.462 e. The molecule has 4 aromatic rings. The molecular weight excluding hydrogens is 476 g/mol. The average molecular weight is 511 g/mol.